The smallest absolute Gasteiger partial charge is 0.0889 e. The van der Waals surface area contributed by atoms with Gasteiger partial charge in [-0.15, -0.1) is 0 Å². The van der Waals surface area contributed by atoms with E-state index in [9.17, 15) is 0 Å². The van der Waals surface area contributed by atoms with Gasteiger partial charge in [0.2, 0.25) is 0 Å². The molecule has 13 heavy (non-hydrogen) atoms. The van der Waals surface area contributed by atoms with Crippen LogP contribution in [-0.4, -0.2) is 31.6 Å². The Labute approximate surface area is 82.6 Å². The van der Waals surface area contributed by atoms with Gasteiger partial charge < -0.3 is 9.64 Å². The molecule has 0 aromatic rings. The Balaban J connectivity index is 3.16. The van der Waals surface area contributed by atoms with Gasteiger partial charge in [0.25, 0.3) is 0 Å². The molecule has 0 rings (SSSR count). The highest BCUT2D eigenvalue weighted by molar-refractivity contribution is 4.73. The molecule has 0 radical (unpaired) electrons. The van der Waals surface area contributed by atoms with Crippen LogP contribution in [0.3, 0.4) is 0 Å². The molecule has 0 spiro atoms. The molecule has 0 heterocycles. The molecule has 0 bridgehead atoms. The third-order valence-electron chi connectivity index (χ3n) is 1.93. The third kappa shape index (κ3) is 9.41. The summed E-state index contributed by atoms with van der Waals surface area (Å²) in [7, 11) is 2.16. The predicted molar refractivity (Wildman–Crippen MR) is 57.8 cm³/mol. The molecule has 0 amide bonds. The predicted octanol–water partition coefficient (Wildman–Crippen LogP) is 2.66. The van der Waals surface area contributed by atoms with Crippen molar-refractivity contribution in [2.75, 3.05) is 26.7 Å². The molecule has 0 aliphatic rings. The van der Waals surface area contributed by atoms with E-state index in [0.717, 1.165) is 25.3 Å². The van der Waals surface area contributed by atoms with Gasteiger partial charge in [0.1, 0.15) is 0 Å². The lowest BCUT2D eigenvalue weighted by Crippen LogP contribution is -2.21. The fourth-order valence-electron chi connectivity index (χ4n) is 1.12. The summed E-state index contributed by atoms with van der Waals surface area (Å²) in [5, 5.41) is 0. The summed E-state index contributed by atoms with van der Waals surface area (Å²) in [6.07, 6.45) is 3.65. The quantitative estimate of drug-likeness (QED) is 0.426. The fourth-order valence-corrected chi connectivity index (χ4v) is 1.12. The zero-order chi connectivity index (χ0) is 10.1. The lowest BCUT2D eigenvalue weighted by atomic mass is 10.3. The topological polar surface area (TPSA) is 12.5 Å². The summed E-state index contributed by atoms with van der Waals surface area (Å²) in [5.74, 6) is 0.816. The molecule has 0 fully saturated rings. The Morgan fingerprint density at radius 3 is 2.46 bits per heavy atom. The zero-order valence-electron chi connectivity index (χ0n) is 9.31. The first-order valence-corrected chi connectivity index (χ1v) is 5.13. The number of rotatable bonds is 8. The van der Waals surface area contributed by atoms with Gasteiger partial charge in [-0.25, -0.2) is 0 Å². The van der Waals surface area contributed by atoms with Gasteiger partial charge in [-0.05, 0) is 33.4 Å². The van der Waals surface area contributed by atoms with Crippen LogP contribution < -0.4 is 0 Å². The average Bonchev–Trinajstić information content (AvgIpc) is 2.08. The first-order valence-electron chi connectivity index (χ1n) is 5.13. The van der Waals surface area contributed by atoms with E-state index < -0.39 is 0 Å². The maximum atomic E-state index is 5.28. The van der Waals surface area contributed by atoms with E-state index in [2.05, 4.69) is 25.5 Å². The highest BCUT2D eigenvalue weighted by Crippen LogP contribution is 1.96. The van der Waals surface area contributed by atoms with Crippen molar-refractivity contribution >= 4 is 0 Å². The van der Waals surface area contributed by atoms with Crippen LogP contribution >= 0.6 is 0 Å². The minimum absolute atomic E-state index is 0.797. The summed E-state index contributed by atoms with van der Waals surface area (Å²) in [6.45, 7) is 10.9. The standard InChI is InChI=1S/C11H23NO/c1-5-6-8-12(4)9-7-10-13-11(2)3/h2,5-10H2,1,3-4H3. The molecule has 2 heteroatoms. The monoisotopic (exact) mass is 185 g/mol. The van der Waals surface area contributed by atoms with Crippen LogP contribution in [-0.2, 0) is 4.74 Å². The lowest BCUT2D eigenvalue weighted by Gasteiger charge is -2.15. The normalized spacial score (nSPS) is 10.5. The minimum atomic E-state index is 0.797. The number of unbranched alkanes of at least 4 members (excludes halogenated alkanes) is 1. The maximum Gasteiger partial charge on any atom is 0.0889 e. The molecule has 0 aromatic heterocycles. The Morgan fingerprint density at radius 2 is 1.92 bits per heavy atom. The summed E-state index contributed by atoms with van der Waals surface area (Å²) < 4.78 is 5.28. The third-order valence-corrected chi connectivity index (χ3v) is 1.93. The Hall–Kier alpha value is -0.500. The summed E-state index contributed by atoms with van der Waals surface area (Å²) in [5.41, 5.74) is 0. The van der Waals surface area contributed by atoms with E-state index in [1.807, 2.05) is 6.92 Å². The van der Waals surface area contributed by atoms with Gasteiger partial charge in [0.05, 0.1) is 12.4 Å². The van der Waals surface area contributed by atoms with Crippen molar-refractivity contribution in [2.24, 2.45) is 0 Å². The highest BCUT2D eigenvalue weighted by atomic mass is 16.5. The second-order valence-electron chi connectivity index (χ2n) is 3.56. The number of nitrogens with zero attached hydrogens (tertiary/aromatic N) is 1. The van der Waals surface area contributed by atoms with E-state index in [1.165, 1.54) is 19.4 Å². The van der Waals surface area contributed by atoms with Gasteiger partial charge in [0, 0.05) is 6.54 Å². The molecule has 0 saturated carbocycles. The SMILES string of the molecule is C=C(C)OCCCN(C)CCCC. The van der Waals surface area contributed by atoms with E-state index in [-0.39, 0.29) is 0 Å². The van der Waals surface area contributed by atoms with Crippen molar-refractivity contribution < 1.29 is 4.74 Å². The van der Waals surface area contributed by atoms with Gasteiger partial charge in [-0.2, -0.15) is 0 Å². The van der Waals surface area contributed by atoms with Crippen molar-refractivity contribution in [2.45, 2.75) is 33.1 Å². The molecule has 0 N–H and O–H groups in total. The van der Waals surface area contributed by atoms with Crippen molar-refractivity contribution in [1.82, 2.24) is 4.90 Å². The number of hydrogen-bond donors (Lipinski definition) is 0. The van der Waals surface area contributed by atoms with E-state index >= 15 is 0 Å². The molecule has 78 valence electrons. The van der Waals surface area contributed by atoms with Gasteiger partial charge in [0.15, 0.2) is 0 Å². The molecule has 0 saturated heterocycles. The van der Waals surface area contributed by atoms with Crippen molar-refractivity contribution in [3.8, 4) is 0 Å². The maximum absolute atomic E-state index is 5.28. The molecule has 2 nitrogen and oxygen atoms in total. The van der Waals surface area contributed by atoms with Crippen LogP contribution in [0.2, 0.25) is 0 Å². The van der Waals surface area contributed by atoms with Gasteiger partial charge in [-0.1, -0.05) is 19.9 Å². The van der Waals surface area contributed by atoms with Crippen LogP contribution in [0.15, 0.2) is 12.3 Å². The number of allylic oxidation sites excluding steroid dienone is 1. The Kier molecular flexibility index (Phi) is 7.80. The summed E-state index contributed by atoms with van der Waals surface area (Å²) >= 11 is 0. The fraction of sp³-hybridized carbons (Fsp3) is 0.818. The minimum Gasteiger partial charge on any atom is -0.499 e. The van der Waals surface area contributed by atoms with Crippen molar-refractivity contribution in [3.63, 3.8) is 0 Å². The first-order chi connectivity index (χ1) is 6.16. The van der Waals surface area contributed by atoms with Crippen molar-refractivity contribution in [3.05, 3.63) is 12.3 Å². The molecular formula is C11H23NO. The lowest BCUT2D eigenvalue weighted by molar-refractivity contribution is 0.193. The highest BCUT2D eigenvalue weighted by Gasteiger charge is 1.96. The van der Waals surface area contributed by atoms with Crippen LogP contribution in [0.25, 0.3) is 0 Å². The molecule has 0 atom stereocenters. The molecular weight excluding hydrogens is 162 g/mol. The summed E-state index contributed by atoms with van der Waals surface area (Å²) in [6, 6.07) is 0. The Morgan fingerprint density at radius 1 is 1.31 bits per heavy atom. The van der Waals surface area contributed by atoms with Crippen LogP contribution in [0, 0.1) is 0 Å². The second-order valence-corrected chi connectivity index (χ2v) is 3.56. The Bertz CT molecular complexity index is 134. The molecule has 0 unspecified atom stereocenters. The average molecular weight is 185 g/mol. The molecule has 0 aliphatic carbocycles. The van der Waals surface area contributed by atoms with E-state index in [4.69, 9.17) is 4.74 Å². The second kappa shape index (κ2) is 8.11. The number of ether oxygens (including phenoxy) is 1. The van der Waals surface area contributed by atoms with Crippen LogP contribution in [0.4, 0.5) is 0 Å². The van der Waals surface area contributed by atoms with Crippen LogP contribution in [0.1, 0.15) is 33.1 Å². The first kappa shape index (κ1) is 12.5. The van der Waals surface area contributed by atoms with E-state index in [0.29, 0.717) is 0 Å². The van der Waals surface area contributed by atoms with Gasteiger partial charge in [-0.3, -0.25) is 0 Å². The molecule has 0 aromatic carbocycles. The zero-order valence-corrected chi connectivity index (χ0v) is 9.31. The largest absolute Gasteiger partial charge is 0.499 e. The molecule has 0 aliphatic heterocycles. The number of hydrogen-bond acceptors (Lipinski definition) is 2. The van der Waals surface area contributed by atoms with Gasteiger partial charge >= 0.3 is 0 Å². The summed E-state index contributed by atoms with van der Waals surface area (Å²) in [4.78, 5) is 2.35. The van der Waals surface area contributed by atoms with Crippen LogP contribution in [0.5, 0.6) is 0 Å². The van der Waals surface area contributed by atoms with Crippen molar-refractivity contribution in [1.29, 1.82) is 0 Å². The van der Waals surface area contributed by atoms with E-state index in [1.54, 1.807) is 0 Å².